The molecule has 0 bridgehead atoms. The molecule has 0 spiro atoms. The summed E-state index contributed by atoms with van der Waals surface area (Å²) >= 11 is 0. The van der Waals surface area contributed by atoms with E-state index in [0.29, 0.717) is 37.2 Å². The molecule has 4 atom stereocenters. The van der Waals surface area contributed by atoms with Gasteiger partial charge in [-0.2, -0.15) is 0 Å². The van der Waals surface area contributed by atoms with Crippen LogP contribution in [0.25, 0.3) is 0 Å². The zero-order valence-corrected chi connectivity index (χ0v) is 58.5. The molecule has 0 saturated heterocycles. The molecule has 0 heterocycles. The van der Waals surface area contributed by atoms with Gasteiger partial charge in [-0.1, -0.05) is 255 Å². The van der Waals surface area contributed by atoms with E-state index in [2.05, 4.69) is 38.3 Å². The summed E-state index contributed by atoms with van der Waals surface area (Å²) in [7, 11) is -6.56. The molecule has 0 aromatic rings. The molecule has 0 aliphatic carbocycles. The third kappa shape index (κ3) is 61.3. The summed E-state index contributed by atoms with van der Waals surface area (Å²) in [5.74, 6) is -1.79. The number of hydrogen-bond donors (Lipinski definition) is 4. The predicted molar refractivity (Wildman–Crippen MR) is 353 cm³/mol. The lowest BCUT2D eigenvalue weighted by atomic mass is 10.1. The van der Waals surface area contributed by atoms with Crippen molar-refractivity contribution in [3.63, 3.8) is 0 Å². The van der Waals surface area contributed by atoms with E-state index in [1.54, 1.807) is 0 Å². The third-order valence-electron chi connectivity index (χ3n) is 14.5. The van der Waals surface area contributed by atoms with Gasteiger partial charge in [0.25, 0.3) is 0 Å². The van der Waals surface area contributed by atoms with Crippen LogP contribution in [0.2, 0.25) is 0 Å². The Morgan fingerprint density at radius 2 is 0.591 bits per heavy atom. The highest BCUT2D eigenvalue weighted by Gasteiger charge is 2.28. The van der Waals surface area contributed by atoms with Crippen molar-refractivity contribution in [2.45, 2.75) is 310 Å². The Bertz CT molecular complexity index is 1700. The van der Waals surface area contributed by atoms with Crippen molar-refractivity contribution in [2.75, 3.05) is 64.2 Å². The first-order chi connectivity index (χ1) is 42.6. The highest BCUT2D eigenvalue weighted by atomic mass is 33.1. The Morgan fingerprint density at radius 1 is 0.341 bits per heavy atom. The second-order valence-corrected chi connectivity index (χ2v) is 28.6. The van der Waals surface area contributed by atoms with Crippen LogP contribution in [0.1, 0.15) is 297 Å². The first-order valence-corrected chi connectivity index (χ1v) is 39.8. The topological polar surface area (TPSA) is 275 Å². The summed E-state index contributed by atoms with van der Waals surface area (Å²) in [6, 6.07) is 0. The Kier molecular flexibility index (Phi) is 60.6. The molecular formula is C64H122N2O18P2S2. The number of ether oxygens (including phenoxy) is 4. The maximum atomic E-state index is 12.8. The van der Waals surface area contributed by atoms with Crippen molar-refractivity contribution in [1.82, 2.24) is 10.6 Å². The maximum absolute atomic E-state index is 12.8. The first-order valence-electron chi connectivity index (χ1n) is 34.3. The summed E-state index contributed by atoms with van der Waals surface area (Å²) in [4.78, 5) is 96.3. The number of amides is 2. The highest BCUT2D eigenvalue weighted by Crippen LogP contribution is 2.44. The fraction of sp³-hybridized carbons (Fsp3) is 0.906. The van der Waals surface area contributed by atoms with Crippen LogP contribution >= 0.6 is 37.2 Å². The fourth-order valence-corrected chi connectivity index (χ4v) is 12.7. The maximum Gasteiger partial charge on any atom is 0.472 e. The Morgan fingerprint density at radius 3 is 0.864 bits per heavy atom. The van der Waals surface area contributed by atoms with Crippen molar-refractivity contribution in [3.05, 3.63) is 0 Å². The number of carbonyl (C=O) groups is 6. The molecule has 0 saturated carbocycles. The molecular weight excluding hydrogens is 1210 g/mol. The second kappa shape index (κ2) is 62.2. The molecule has 518 valence electrons. The minimum atomic E-state index is -4.65. The van der Waals surface area contributed by atoms with Crippen molar-refractivity contribution in [1.29, 1.82) is 0 Å². The van der Waals surface area contributed by atoms with Gasteiger partial charge in [0.2, 0.25) is 11.8 Å². The minimum absolute atomic E-state index is 0.0913. The number of unbranched alkanes of at least 4 members (excludes halogenated alkanes) is 32. The van der Waals surface area contributed by atoms with Crippen LogP contribution in [-0.4, -0.2) is 122 Å². The van der Waals surface area contributed by atoms with E-state index in [0.717, 1.165) is 77.0 Å². The summed E-state index contributed by atoms with van der Waals surface area (Å²) < 4.78 is 67.8. The molecule has 0 aromatic heterocycles. The smallest absolute Gasteiger partial charge is 0.462 e. The van der Waals surface area contributed by atoms with Gasteiger partial charge >= 0.3 is 39.5 Å². The van der Waals surface area contributed by atoms with E-state index >= 15 is 0 Å². The molecule has 0 aromatic carbocycles. The number of hydrogen-bond acceptors (Lipinski definition) is 18. The summed E-state index contributed by atoms with van der Waals surface area (Å²) in [6.07, 6.45) is 37.9. The largest absolute Gasteiger partial charge is 0.472 e. The number of carbonyl (C=O) groups excluding carboxylic acids is 6. The van der Waals surface area contributed by atoms with Gasteiger partial charge in [-0.15, -0.1) is 0 Å². The average Bonchev–Trinajstić information content (AvgIpc) is 3.58. The van der Waals surface area contributed by atoms with Gasteiger partial charge in [0, 0.05) is 63.1 Å². The van der Waals surface area contributed by atoms with Crippen molar-refractivity contribution in [3.8, 4) is 0 Å². The van der Waals surface area contributed by atoms with Gasteiger partial charge in [-0.3, -0.25) is 46.9 Å². The molecule has 88 heavy (non-hydrogen) atoms. The van der Waals surface area contributed by atoms with Crippen LogP contribution in [0.3, 0.4) is 0 Å². The molecule has 2 amide bonds. The summed E-state index contributed by atoms with van der Waals surface area (Å²) in [6.45, 7) is 6.10. The lowest BCUT2D eigenvalue weighted by molar-refractivity contribution is -0.161. The molecule has 0 fully saturated rings. The minimum Gasteiger partial charge on any atom is -0.462 e. The second-order valence-electron chi connectivity index (χ2n) is 22.9. The number of esters is 4. The molecule has 24 heteroatoms. The van der Waals surface area contributed by atoms with E-state index in [4.69, 9.17) is 37.0 Å². The van der Waals surface area contributed by atoms with Crippen molar-refractivity contribution < 1.29 is 84.7 Å². The number of rotatable bonds is 67. The quantitative estimate of drug-likeness (QED) is 0.0145. The molecule has 0 aliphatic heterocycles. The average molecular weight is 1330 g/mol. The van der Waals surface area contributed by atoms with Gasteiger partial charge in [-0.25, -0.2) is 9.13 Å². The van der Waals surface area contributed by atoms with Crippen LogP contribution in [0.15, 0.2) is 0 Å². The van der Waals surface area contributed by atoms with E-state index in [1.165, 1.54) is 150 Å². The van der Waals surface area contributed by atoms with Crippen molar-refractivity contribution >= 4 is 72.9 Å². The zero-order valence-electron chi connectivity index (χ0n) is 55.1. The SMILES string of the molecule is CCCCCCCCCCCC(=O)OCC(COP(=O)(O)OCCNC(=O)CCSSCCC(=O)NCCOP(=O)(O)OCC(COC(=O)CCCCCCCCCCC)OC(=O)CCCCCCCCCCC)OC(=O)CCCCCCCCCCC. The lowest BCUT2D eigenvalue weighted by Crippen LogP contribution is -2.30. The summed E-state index contributed by atoms with van der Waals surface area (Å²) in [5, 5.41) is 5.22. The molecule has 0 radical (unpaired) electrons. The number of phosphoric acid groups is 2. The molecule has 0 rings (SSSR count). The number of nitrogens with one attached hydrogen (secondary N) is 2. The van der Waals surface area contributed by atoms with Crippen LogP contribution < -0.4 is 10.6 Å². The van der Waals surface area contributed by atoms with Gasteiger partial charge in [0.1, 0.15) is 13.2 Å². The summed E-state index contributed by atoms with van der Waals surface area (Å²) in [5.41, 5.74) is 0. The number of phosphoric ester groups is 2. The van der Waals surface area contributed by atoms with E-state index in [-0.39, 0.29) is 89.9 Å². The van der Waals surface area contributed by atoms with E-state index in [9.17, 15) is 47.7 Å². The third-order valence-corrected chi connectivity index (χ3v) is 18.9. The highest BCUT2D eigenvalue weighted by molar-refractivity contribution is 8.76. The van der Waals surface area contributed by atoms with Crippen molar-refractivity contribution in [2.24, 2.45) is 0 Å². The monoisotopic (exact) mass is 1330 g/mol. The normalized spacial score (nSPS) is 13.5. The zero-order chi connectivity index (χ0) is 64.9. The van der Waals surface area contributed by atoms with Crippen LogP contribution in [0.5, 0.6) is 0 Å². The van der Waals surface area contributed by atoms with Gasteiger partial charge in [0.05, 0.1) is 26.4 Å². The Labute approximate surface area is 539 Å². The predicted octanol–water partition coefficient (Wildman–Crippen LogP) is 16.2. The van der Waals surface area contributed by atoms with Crippen LogP contribution in [-0.2, 0) is 74.9 Å². The molecule has 0 aliphatic rings. The lowest BCUT2D eigenvalue weighted by Gasteiger charge is -2.20. The first kappa shape index (κ1) is 85.7. The fourth-order valence-electron chi connectivity index (χ4n) is 9.25. The van der Waals surface area contributed by atoms with Crippen LogP contribution in [0.4, 0.5) is 0 Å². The molecule has 4 unspecified atom stereocenters. The van der Waals surface area contributed by atoms with Gasteiger partial charge < -0.3 is 39.4 Å². The molecule has 4 N–H and O–H groups in total. The standard InChI is InChI=1S/C64H122N2O18P2S2/c1-5-9-13-17-21-25-29-33-37-41-61(69)77-53-57(83-63(71)43-39-35-31-27-23-19-15-11-7-3)55-81-85(73,74)79-49-47-65-59(67)45-51-87-88-52-46-60(68)66-48-50-80-86(75,76)82-56-58(84-64(72)44-40-36-32-28-24-20-16-12-8-4)54-78-62(70)42-38-34-30-26-22-18-14-10-6-2/h57-58H,5-56H2,1-4H3,(H,65,67)(H,66,68)(H,73,74)(H,75,76). The van der Waals surface area contributed by atoms with E-state index in [1.807, 2.05) is 0 Å². The van der Waals surface area contributed by atoms with Crippen LogP contribution in [0, 0.1) is 0 Å². The Hall–Kier alpha value is -2.26. The van der Waals surface area contributed by atoms with E-state index < -0.39 is 64.9 Å². The Balaban J connectivity index is 4.69. The van der Waals surface area contributed by atoms with Gasteiger partial charge in [0.15, 0.2) is 12.2 Å². The van der Waals surface area contributed by atoms with Gasteiger partial charge in [-0.05, 0) is 25.7 Å². The molecule has 20 nitrogen and oxygen atoms in total.